The third-order valence-corrected chi connectivity index (χ3v) is 11.1. The van der Waals surface area contributed by atoms with Crippen LogP contribution in [-0.2, 0) is 27.5 Å². The van der Waals surface area contributed by atoms with Crippen LogP contribution in [0.25, 0.3) is 0 Å². The van der Waals surface area contributed by atoms with Crippen LogP contribution in [0.15, 0.2) is 86.0 Å². The zero-order valence-corrected chi connectivity index (χ0v) is 25.2. The highest BCUT2D eigenvalue weighted by molar-refractivity contribution is 8.02. The Morgan fingerprint density at radius 1 is 0.952 bits per heavy atom. The Bertz CT molecular complexity index is 1320. The number of hydrogen-bond acceptors (Lipinski definition) is 5. The lowest BCUT2D eigenvalue weighted by atomic mass is 9.66. The molecule has 8 heteroatoms. The second-order valence-electron chi connectivity index (χ2n) is 11.8. The Hall–Kier alpha value is -3.36. The average Bonchev–Trinajstić information content (AvgIpc) is 3.56. The molecule has 3 aliphatic heterocycles. The molecule has 5 rings (SSSR count). The third kappa shape index (κ3) is 5.31. The molecule has 3 saturated heterocycles. The molecular formula is C34H41N3O4S. The molecule has 0 aliphatic carbocycles. The van der Waals surface area contributed by atoms with Crippen molar-refractivity contribution < 1.29 is 19.5 Å². The average molecular weight is 588 g/mol. The van der Waals surface area contributed by atoms with Gasteiger partial charge in [-0.25, -0.2) is 0 Å². The molecule has 1 N–H and O–H groups in total. The van der Waals surface area contributed by atoms with Crippen LogP contribution in [0.5, 0.6) is 0 Å². The molecule has 3 heterocycles. The number of nitrogens with zero attached hydrogens (tertiary/aromatic N) is 3. The SMILES string of the molecule is C=CCN(Cc1ccccc1)C(=O)C1N(CCCO)C(=O)[C@@H]2[C@@H](C(=O)N(CC=C)Cc3ccccc3)[C@@]3(C)CCC12S3. The van der Waals surface area contributed by atoms with Crippen molar-refractivity contribution in [3.8, 4) is 0 Å². The van der Waals surface area contributed by atoms with Crippen LogP contribution >= 0.6 is 11.8 Å². The third-order valence-electron chi connectivity index (χ3n) is 9.09. The number of amides is 3. The summed E-state index contributed by atoms with van der Waals surface area (Å²) in [6, 6.07) is 18.9. The molecule has 5 atom stereocenters. The number of rotatable bonds is 13. The minimum atomic E-state index is -0.711. The summed E-state index contributed by atoms with van der Waals surface area (Å²) in [5, 5.41) is 9.69. The molecule has 2 aromatic carbocycles. The number of thioether (sulfide) groups is 1. The summed E-state index contributed by atoms with van der Waals surface area (Å²) in [5.41, 5.74) is 2.01. The molecule has 3 aliphatic rings. The fourth-order valence-corrected chi connectivity index (χ4v) is 9.66. The zero-order chi connectivity index (χ0) is 29.9. The highest BCUT2D eigenvalue weighted by atomic mass is 32.2. The molecule has 0 radical (unpaired) electrons. The predicted octanol–water partition coefficient (Wildman–Crippen LogP) is 4.28. The maximum absolute atomic E-state index is 14.5. The largest absolute Gasteiger partial charge is 0.396 e. The molecule has 1 spiro atoms. The second kappa shape index (κ2) is 12.5. The zero-order valence-electron chi connectivity index (χ0n) is 24.4. The summed E-state index contributed by atoms with van der Waals surface area (Å²) in [5.74, 6) is -1.48. The van der Waals surface area contributed by atoms with Gasteiger partial charge in [0.25, 0.3) is 0 Å². The lowest BCUT2D eigenvalue weighted by Crippen LogP contribution is -2.55. The van der Waals surface area contributed by atoms with E-state index in [0.717, 1.165) is 17.5 Å². The van der Waals surface area contributed by atoms with Gasteiger partial charge in [0.1, 0.15) is 6.04 Å². The summed E-state index contributed by atoms with van der Waals surface area (Å²) in [6.07, 6.45) is 5.26. The van der Waals surface area contributed by atoms with Gasteiger partial charge in [0.05, 0.1) is 16.6 Å². The van der Waals surface area contributed by atoms with Crippen LogP contribution in [0.2, 0.25) is 0 Å². The van der Waals surface area contributed by atoms with E-state index in [1.54, 1.807) is 38.6 Å². The fraction of sp³-hybridized carbons (Fsp3) is 0.441. The Morgan fingerprint density at radius 3 is 2.02 bits per heavy atom. The van der Waals surface area contributed by atoms with Crippen molar-refractivity contribution in [3.63, 3.8) is 0 Å². The van der Waals surface area contributed by atoms with Gasteiger partial charge in [0, 0.05) is 44.1 Å². The van der Waals surface area contributed by atoms with E-state index >= 15 is 0 Å². The number of hydrogen-bond donors (Lipinski definition) is 1. The number of fused-ring (bicyclic) bond motifs is 1. The quantitative estimate of drug-likeness (QED) is 0.354. The number of likely N-dealkylation sites (tertiary alicyclic amines) is 1. The fourth-order valence-electron chi connectivity index (χ4n) is 7.32. The molecule has 7 nitrogen and oxygen atoms in total. The number of aliphatic hydroxyl groups excluding tert-OH is 1. The molecule has 2 unspecified atom stereocenters. The van der Waals surface area contributed by atoms with Gasteiger partial charge < -0.3 is 19.8 Å². The smallest absolute Gasteiger partial charge is 0.247 e. The minimum Gasteiger partial charge on any atom is -0.396 e. The minimum absolute atomic E-state index is 0.0591. The highest BCUT2D eigenvalue weighted by Gasteiger charge is 2.77. The van der Waals surface area contributed by atoms with Crippen molar-refractivity contribution in [3.05, 3.63) is 97.1 Å². The predicted molar refractivity (Wildman–Crippen MR) is 166 cm³/mol. The molecule has 42 heavy (non-hydrogen) atoms. The first-order valence-corrected chi connectivity index (χ1v) is 15.6. The van der Waals surface area contributed by atoms with Crippen LogP contribution < -0.4 is 0 Å². The van der Waals surface area contributed by atoms with E-state index in [1.165, 1.54) is 0 Å². The van der Waals surface area contributed by atoms with Crippen LogP contribution in [0.4, 0.5) is 0 Å². The summed E-state index contributed by atoms with van der Waals surface area (Å²) >= 11 is 1.68. The van der Waals surface area contributed by atoms with Crippen molar-refractivity contribution in [1.82, 2.24) is 14.7 Å². The Labute approximate surface area is 253 Å². The van der Waals surface area contributed by atoms with Gasteiger partial charge in [0.2, 0.25) is 17.7 Å². The van der Waals surface area contributed by atoms with Crippen LogP contribution in [0, 0.1) is 11.8 Å². The molecule has 3 amide bonds. The van der Waals surface area contributed by atoms with E-state index in [0.29, 0.717) is 39.0 Å². The van der Waals surface area contributed by atoms with Crippen molar-refractivity contribution in [2.24, 2.45) is 11.8 Å². The number of carbonyl (C=O) groups is 3. The lowest BCUT2D eigenvalue weighted by Gasteiger charge is -2.38. The molecule has 2 bridgehead atoms. The first kappa shape index (κ1) is 30.1. The van der Waals surface area contributed by atoms with Crippen LogP contribution in [-0.4, -0.2) is 79.3 Å². The topological polar surface area (TPSA) is 81.2 Å². The van der Waals surface area contributed by atoms with Crippen LogP contribution in [0.3, 0.4) is 0 Å². The van der Waals surface area contributed by atoms with Gasteiger partial charge in [-0.2, -0.15) is 0 Å². The normalized spacial score (nSPS) is 27.5. The van der Waals surface area contributed by atoms with E-state index in [9.17, 15) is 19.5 Å². The second-order valence-corrected chi connectivity index (χ2v) is 13.7. The van der Waals surface area contributed by atoms with Crippen molar-refractivity contribution >= 4 is 29.5 Å². The summed E-state index contributed by atoms with van der Waals surface area (Å²) < 4.78 is -1.17. The van der Waals surface area contributed by atoms with E-state index in [4.69, 9.17) is 0 Å². The van der Waals surface area contributed by atoms with Crippen molar-refractivity contribution in [1.29, 1.82) is 0 Å². The molecule has 0 saturated carbocycles. The molecule has 0 aromatic heterocycles. The van der Waals surface area contributed by atoms with E-state index in [-0.39, 0.29) is 30.9 Å². The van der Waals surface area contributed by atoms with Crippen molar-refractivity contribution in [2.75, 3.05) is 26.2 Å². The number of carbonyl (C=O) groups excluding carboxylic acids is 3. The summed E-state index contributed by atoms with van der Waals surface area (Å²) in [7, 11) is 0. The van der Waals surface area contributed by atoms with Gasteiger partial charge in [-0.1, -0.05) is 72.8 Å². The van der Waals surface area contributed by atoms with E-state index in [1.807, 2.05) is 60.7 Å². The maximum Gasteiger partial charge on any atom is 0.247 e. The Kier molecular flexibility index (Phi) is 8.94. The number of benzene rings is 2. The first-order chi connectivity index (χ1) is 20.3. The van der Waals surface area contributed by atoms with Gasteiger partial charge >= 0.3 is 0 Å². The van der Waals surface area contributed by atoms with Gasteiger partial charge in [0.15, 0.2) is 0 Å². The van der Waals surface area contributed by atoms with Crippen molar-refractivity contribution in [2.45, 2.75) is 54.8 Å². The van der Waals surface area contributed by atoms with Gasteiger partial charge in [-0.05, 0) is 37.3 Å². The molecular weight excluding hydrogens is 546 g/mol. The Morgan fingerprint density at radius 2 is 1.50 bits per heavy atom. The standard InChI is InChI=1S/C34H41N3O4S/c1-4-19-35(23-25-13-8-6-9-14-25)30(39)27-28-31(40)37(21-12-22-38)29(34(28)18-17-33(27,3)42-34)32(41)36(20-5-2)24-26-15-10-7-11-16-26/h4-11,13-16,27-29,38H,1-2,12,17-24H2,3H3/t27-,28-,29?,33+,34?/m0/s1. The summed E-state index contributed by atoms with van der Waals surface area (Å²) in [4.78, 5) is 48.6. The number of aliphatic hydroxyl groups is 1. The van der Waals surface area contributed by atoms with E-state index in [2.05, 4.69) is 20.1 Å². The molecule has 3 fully saturated rings. The van der Waals surface area contributed by atoms with Gasteiger partial charge in [-0.3, -0.25) is 14.4 Å². The van der Waals surface area contributed by atoms with Gasteiger partial charge in [-0.15, -0.1) is 24.9 Å². The monoisotopic (exact) mass is 587 g/mol. The summed E-state index contributed by atoms with van der Waals surface area (Å²) in [6.45, 7) is 11.6. The lowest BCUT2D eigenvalue weighted by molar-refractivity contribution is -0.146. The highest BCUT2D eigenvalue weighted by Crippen LogP contribution is 2.71. The van der Waals surface area contributed by atoms with Crippen LogP contribution in [0.1, 0.15) is 37.3 Å². The van der Waals surface area contributed by atoms with E-state index < -0.39 is 27.4 Å². The Balaban J connectivity index is 1.51. The molecule has 222 valence electrons. The maximum atomic E-state index is 14.5. The first-order valence-electron chi connectivity index (χ1n) is 14.8. The molecule has 2 aromatic rings.